The highest BCUT2D eigenvalue weighted by Crippen LogP contribution is 2.25. The summed E-state index contributed by atoms with van der Waals surface area (Å²) in [5, 5.41) is 4.53. The van der Waals surface area contributed by atoms with E-state index in [1.807, 2.05) is 11.7 Å². The molecule has 0 fully saturated rings. The van der Waals surface area contributed by atoms with Gasteiger partial charge in [0, 0.05) is 13.1 Å². The van der Waals surface area contributed by atoms with Crippen LogP contribution in [0.2, 0.25) is 0 Å². The van der Waals surface area contributed by atoms with Crippen molar-refractivity contribution in [3.63, 3.8) is 0 Å². The SMILES string of the molecule is CCc1nn(C)c2c1[nH]c(=S)n2C(C)C(C)C. The molecule has 4 nitrogen and oxygen atoms in total. The van der Waals surface area contributed by atoms with E-state index in [1.54, 1.807) is 0 Å². The third-order valence-electron chi connectivity index (χ3n) is 3.48. The van der Waals surface area contributed by atoms with Crippen LogP contribution in [0.3, 0.4) is 0 Å². The van der Waals surface area contributed by atoms with E-state index in [1.165, 1.54) is 0 Å². The summed E-state index contributed by atoms with van der Waals surface area (Å²) >= 11 is 5.44. The highest BCUT2D eigenvalue weighted by molar-refractivity contribution is 7.71. The highest BCUT2D eigenvalue weighted by atomic mass is 32.1. The van der Waals surface area contributed by atoms with Crippen LogP contribution < -0.4 is 0 Å². The zero-order valence-electron chi connectivity index (χ0n) is 11.1. The number of rotatable bonds is 3. The summed E-state index contributed by atoms with van der Waals surface area (Å²) in [7, 11) is 1.98. The predicted octanol–water partition coefficient (Wildman–Crippen LogP) is 3.21. The number of hydrogen-bond acceptors (Lipinski definition) is 2. The first-order valence-corrected chi connectivity index (χ1v) is 6.54. The van der Waals surface area contributed by atoms with Crippen molar-refractivity contribution in [2.75, 3.05) is 0 Å². The third-order valence-corrected chi connectivity index (χ3v) is 3.77. The maximum absolute atomic E-state index is 5.44. The van der Waals surface area contributed by atoms with Gasteiger partial charge >= 0.3 is 0 Å². The van der Waals surface area contributed by atoms with Crippen molar-refractivity contribution >= 4 is 23.4 Å². The maximum Gasteiger partial charge on any atom is 0.179 e. The summed E-state index contributed by atoms with van der Waals surface area (Å²) in [4.78, 5) is 3.30. The van der Waals surface area contributed by atoms with E-state index >= 15 is 0 Å². The molecule has 0 amide bonds. The first kappa shape index (κ1) is 12.4. The lowest BCUT2D eigenvalue weighted by Gasteiger charge is -2.18. The third kappa shape index (κ3) is 1.82. The Morgan fingerprint density at radius 1 is 1.35 bits per heavy atom. The molecule has 1 N–H and O–H groups in total. The summed E-state index contributed by atoms with van der Waals surface area (Å²) in [5.41, 5.74) is 3.28. The van der Waals surface area contributed by atoms with Crippen LogP contribution >= 0.6 is 12.2 Å². The van der Waals surface area contributed by atoms with Crippen molar-refractivity contribution in [2.45, 2.75) is 40.2 Å². The second-order valence-corrected chi connectivity index (χ2v) is 5.29. The second kappa shape index (κ2) is 4.29. The summed E-state index contributed by atoms with van der Waals surface area (Å²) in [6.45, 7) is 8.74. The minimum absolute atomic E-state index is 0.372. The number of aryl methyl sites for hydroxylation is 2. The minimum atomic E-state index is 0.372. The van der Waals surface area contributed by atoms with Gasteiger partial charge in [0.1, 0.15) is 5.52 Å². The average Bonchev–Trinajstić information content (AvgIpc) is 2.75. The van der Waals surface area contributed by atoms with Crippen LogP contribution in [0.15, 0.2) is 0 Å². The topological polar surface area (TPSA) is 38.5 Å². The molecular weight excluding hydrogens is 232 g/mol. The highest BCUT2D eigenvalue weighted by Gasteiger charge is 2.19. The Hall–Kier alpha value is -1.10. The fourth-order valence-corrected chi connectivity index (χ4v) is 2.52. The lowest BCUT2D eigenvalue weighted by molar-refractivity contribution is 0.408. The molecule has 2 aromatic rings. The van der Waals surface area contributed by atoms with Crippen molar-refractivity contribution in [1.82, 2.24) is 19.3 Å². The number of nitrogens with one attached hydrogen (secondary N) is 1. The molecule has 2 heterocycles. The molecule has 0 saturated heterocycles. The molecule has 0 aliphatic heterocycles. The van der Waals surface area contributed by atoms with E-state index in [2.05, 4.69) is 42.3 Å². The largest absolute Gasteiger partial charge is 0.328 e. The molecule has 1 unspecified atom stereocenters. The summed E-state index contributed by atoms with van der Waals surface area (Å²) in [6, 6.07) is 0.372. The number of H-pyrrole nitrogens is 1. The molecule has 0 spiro atoms. The summed E-state index contributed by atoms with van der Waals surface area (Å²) in [6.07, 6.45) is 0.919. The minimum Gasteiger partial charge on any atom is -0.328 e. The van der Waals surface area contributed by atoms with Gasteiger partial charge in [-0.05, 0) is 31.5 Å². The van der Waals surface area contributed by atoms with E-state index in [4.69, 9.17) is 12.2 Å². The van der Waals surface area contributed by atoms with Crippen LogP contribution in [0.1, 0.15) is 39.4 Å². The fraction of sp³-hybridized carbons (Fsp3) is 0.667. The van der Waals surface area contributed by atoms with Crippen LogP contribution in [-0.4, -0.2) is 19.3 Å². The van der Waals surface area contributed by atoms with Crippen molar-refractivity contribution in [3.8, 4) is 0 Å². The fourth-order valence-electron chi connectivity index (χ4n) is 2.16. The molecule has 5 heteroatoms. The van der Waals surface area contributed by atoms with Gasteiger partial charge < -0.3 is 4.98 Å². The first-order valence-electron chi connectivity index (χ1n) is 6.13. The van der Waals surface area contributed by atoms with E-state index < -0.39 is 0 Å². The van der Waals surface area contributed by atoms with Crippen LogP contribution in [0.25, 0.3) is 11.2 Å². The van der Waals surface area contributed by atoms with Gasteiger partial charge in [0.25, 0.3) is 0 Å². The van der Waals surface area contributed by atoms with Gasteiger partial charge in [0.05, 0.1) is 5.69 Å². The molecular formula is C12H20N4S. The zero-order valence-corrected chi connectivity index (χ0v) is 11.9. The van der Waals surface area contributed by atoms with Crippen LogP contribution in [0.5, 0.6) is 0 Å². The lowest BCUT2D eigenvalue weighted by atomic mass is 10.1. The summed E-state index contributed by atoms with van der Waals surface area (Å²) in [5.74, 6) is 0.542. The molecule has 17 heavy (non-hydrogen) atoms. The molecule has 0 aromatic carbocycles. The Bertz CT molecular complexity index is 587. The van der Waals surface area contributed by atoms with Gasteiger partial charge in [-0.25, -0.2) is 0 Å². The van der Waals surface area contributed by atoms with Gasteiger partial charge in [-0.2, -0.15) is 5.10 Å². The van der Waals surface area contributed by atoms with Crippen LogP contribution in [0, 0.1) is 10.7 Å². The summed E-state index contributed by atoms with van der Waals surface area (Å²) < 4.78 is 4.91. The van der Waals surface area contributed by atoms with Crippen LogP contribution in [0.4, 0.5) is 0 Å². The maximum atomic E-state index is 5.44. The number of fused-ring (bicyclic) bond motifs is 1. The van der Waals surface area contributed by atoms with Gasteiger partial charge in [-0.3, -0.25) is 9.25 Å². The monoisotopic (exact) mass is 252 g/mol. The Labute approximate surface area is 107 Å². The lowest BCUT2D eigenvalue weighted by Crippen LogP contribution is -2.13. The van der Waals surface area contributed by atoms with E-state index in [-0.39, 0.29) is 0 Å². The van der Waals surface area contributed by atoms with E-state index in [0.29, 0.717) is 12.0 Å². The standard InChI is InChI=1S/C12H20N4S/c1-6-9-10-11(15(5)14-9)16(12(17)13-10)8(4)7(2)3/h7-8H,6H2,1-5H3,(H,13,17). The van der Waals surface area contributed by atoms with E-state index in [0.717, 1.165) is 28.0 Å². The predicted molar refractivity (Wildman–Crippen MR) is 72.8 cm³/mol. The molecule has 0 aliphatic rings. The molecule has 2 rings (SSSR count). The van der Waals surface area contributed by atoms with Gasteiger partial charge in [0.2, 0.25) is 0 Å². The number of aromatic amines is 1. The van der Waals surface area contributed by atoms with Crippen molar-refractivity contribution in [3.05, 3.63) is 10.5 Å². The normalized spacial score (nSPS) is 13.8. The Balaban J connectivity index is 2.75. The molecule has 0 saturated carbocycles. The number of imidazole rings is 1. The van der Waals surface area contributed by atoms with E-state index in [9.17, 15) is 0 Å². The van der Waals surface area contributed by atoms with Crippen molar-refractivity contribution in [2.24, 2.45) is 13.0 Å². The molecule has 0 radical (unpaired) electrons. The quantitative estimate of drug-likeness (QED) is 0.852. The van der Waals surface area contributed by atoms with Crippen LogP contribution in [-0.2, 0) is 13.5 Å². The Morgan fingerprint density at radius 2 is 2.00 bits per heavy atom. The van der Waals surface area contributed by atoms with Crippen molar-refractivity contribution in [1.29, 1.82) is 0 Å². The van der Waals surface area contributed by atoms with Gasteiger partial charge in [-0.15, -0.1) is 0 Å². The second-order valence-electron chi connectivity index (χ2n) is 4.91. The molecule has 94 valence electrons. The molecule has 0 aliphatic carbocycles. The number of hydrogen-bond donors (Lipinski definition) is 1. The molecule has 2 aromatic heterocycles. The molecule has 0 bridgehead atoms. The Kier molecular flexibility index (Phi) is 3.12. The Morgan fingerprint density at radius 3 is 2.53 bits per heavy atom. The first-order chi connectivity index (χ1) is 7.97. The van der Waals surface area contributed by atoms with Crippen molar-refractivity contribution < 1.29 is 0 Å². The number of aromatic nitrogens is 4. The zero-order chi connectivity index (χ0) is 12.7. The van der Waals surface area contributed by atoms with Gasteiger partial charge in [-0.1, -0.05) is 20.8 Å². The molecule has 1 atom stereocenters. The average molecular weight is 252 g/mol. The smallest absolute Gasteiger partial charge is 0.179 e. The van der Waals surface area contributed by atoms with Gasteiger partial charge in [0.15, 0.2) is 10.4 Å². The number of nitrogens with zero attached hydrogens (tertiary/aromatic N) is 3.